The highest BCUT2D eigenvalue weighted by Crippen LogP contribution is 2.45. The smallest absolute Gasteiger partial charge is 0.316 e. The fraction of sp³-hybridized carbons (Fsp3) is 0.423. The maximum absolute atomic E-state index is 13.5. The Morgan fingerprint density at radius 1 is 1.08 bits per heavy atom. The minimum Gasteiger partial charge on any atom is -0.486 e. The first-order valence-electron chi connectivity index (χ1n) is 12.4. The normalized spacial score (nSPS) is 17.5. The van der Waals surface area contributed by atoms with Crippen molar-refractivity contribution >= 4 is 27.3 Å². The van der Waals surface area contributed by atoms with Crippen LogP contribution in [0.2, 0.25) is 5.02 Å². The van der Waals surface area contributed by atoms with Gasteiger partial charge in [0.2, 0.25) is 15.8 Å². The molecule has 1 aliphatic carbocycles. The molecule has 2 aromatic heterocycles. The quantitative estimate of drug-likeness (QED) is 0.409. The minimum atomic E-state index is -3.41. The number of hydrogen-bond acceptors (Lipinski definition) is 7. The van der Waals surface area contributed by atoms with E-state index in [1.54, 1.807) is 42.9 Å². The summed E-state index contributed by atoms with van der Waals surface area (Å²) in [6.07, 6.45) is 7.52. The van der Waals surface area contributed by atoms with E-state index in [1.165, 1.54) is 8.99 Å². The van der Waals surface area contributed by atoms with Gasteiger partial charge in [-0.15, -0.1) is 0 Å². The monoisotopic (exact) mass is 543 g/mol. The van der Waals surface area contributed by atoms with Gasteiger partial charge in [0, 0.05) is 49.0 Å². The van der Waals surface area contributed by atoms with Gasteiger partial charge in [-0.2, -0.15) is 14.1 Å². The molecule has 37 heavy (non-hydrogen) atoms. The number of sulfonamides is 1. The summed E-state index contributed by atoms with van der Waals surface area (Å²) in [5.74, 6) is 0.276. The van der Waals surface area contributed by atoms with E-state index in [0.29, 0.717) is 55.6 Å². The van der Waals surface area contributed by atoms with Crippen molar-refractivity contribution in [1.29, 1.82) is 0 Å². The molecule has 2 aliphatic rings. The third kappa shape index (κ3) is 5.97. The largest absolute Gasteiger partial charge is 0.486 e. The van der Waals surface area contributed by atoms with Gasteiger partial charge in [-0.1, -0.05) is 24.6 Å². The molecule has 0 spiro atoms. The van der Waals surface area contributed by atoms with Crippen molar-refractivity contribution in [3.8, 4) is 11.4 Å². The number of hydrogen-bond donors (Lipinski definition) is 0. The van der Waals surface area contributed by atoms with Gasteiger partial charge in [0.05, 0.1) is 24.2 Å². The maximum atomic E-state index is 13.5. The lowest BCUT2D eigenvalue weighted by atomic mass is 10.2. The van der Waals surface area contributed by atoms with Crippen molar-refractivity contribution in [2.45, 2.75) is 26.2 Å². The molecule has 1 saturated carbocycles. The second-order valence-electron chi connectivity index (χ2n) is 9.96. The van der Waals surface area contributed by atoms with Crippen LogP contribution in [0.1, 0.15) is 25.3 Å². The molecule has 0 unspecified atom stereocenters. The van der Waals surface area contributed by atoms with E-state index in [4.69, 9.17) is 16.3 Å². The van der Waals surface area contributed by atoms with Crippen LogP contribution in [0.25, 0.3) is 5.69 Å². The summed E-state index contributed by atoms with van der Waals surface area (Å²) < 4.78 is 34.9. The van der Waals surface area contributed by atoms with Crippen LogP contribution in [0.15, 0.2) is 59.8 Å². The number of rotatable bonds is 9. The predicted octanol–water partition coefficient (Wildman–Crippen LogP) is 3.15. The second kappa shape index (κ2) is 10.4. The predicted molar refractivity (Wildman–Crippen MR) is 143 cm³/mol. The number of pyridine rings is 1. The van der Waals surface area contributed by atoms with Crippen molar-refractivity contribution in [2.75, 3.05) is 43.4 Å². The molecular weight excluding hydrogens is 514 g/mol. The fourth-order valence-corrected chi connectivity index (χ4v) is 5.97. The summed E-state index contributed by atoms with van der Waals surface area (Å²) in [5, 5.41) is 4.91. The van der Waals surface area contributed by atoms with Crippen LogP contribution in [0.5, 0.6) is 5.75 Å². The van der Waals surface area contributed by atoms with E-state index in [9.17, 15) is 13.2 Å². The van der Waals surface area contributed by atoms with E-state index in [-0.39, 0.29) is 22.5 Å². The Morgan fingerprint density at radius 3 is 2.49 bits per heavy atom. The van der Waals surface area contributed by atoms with Gasteiger partial charge >= 0.3 is 5.56 Å². The van der Waals surface area contributed by atoms with Crippen molar-refractivity contribution in [1.82, 2.24) is 19.1 Å². The van der Waals surface area contributed by atoms with Gasteiger partial charge in [-0.05, 0) is 55.2 Å². The fourth-order valence-electron chi connectivity index (χ4n) is 4.32. The topological polar surface area (TPSA) is 97.6 Å². The van der Waals surface area contributed by atoms with Crippen molar-refractivity contribution in [2.24, 2.45) is 5.41 Å². The molecule has 2 fully saturated rings. The Morgan fingerprint density at radius 2 is 1.81 bits per heavy atom. The van der Waals surface area contributed by atoms with Gasteiger partial charge in [0.1, 0.15) is 5.69 Å². The molecule has 1 aromatic carbocycles. The van der Waals surface area contributed by atoms with E-state index in [2.05, 4.69) is 17.0 Å². The molecule has 5 rings (SSSR count). The molecule has 1 saturated heterocycles. The lowest BCUT2D eigenvalue weighted by Gasteiger charge is -2.35. The van der Waals surface area contributed by atoms with E-state index in [0.717, 1.165) is 18.4 Å². The number of ether oxygens (including phenoxy) is 1. The van der Waals surface area contributed by atoms with Crippen LogP contribution in [-0.2, 0) is 16.4 Å². The second-order valence-corrected chi connectivity index (χ2v) is 12.5. The van der Waals surface area contributed by atoms with Gasteiger partial charge in [0.25, 0.3) is 0 Å². The first kappa shape index (κ1) is 25.7. The van der Waals surface area contributed by atoms with Gasteiger partial charge < -0.3 is 9.64 Å². The van der Waals surface area contributed by atoms with Gasteiger partial charge in [-0.3, -0.25) is 9.78 Å². The number of anilines is 1. The van der Waals surface area contributed by atoms with Crippen molar-refractivity contribution < 1.29 is 13.2 Å². The molecular formula is C26H30ClN5O4S. The van der Waals surface area contributed by atoms with Crippen LogP contribution in [-0.4, -0.2) is 66.0 Å². The average Bonchev–Trinajstić information content (AvgIpc) is 3.64. The highest BCUT2D eigenvalue weighted by molar-refractivity contribution is 7.89. The summed E-state index contributed by atoms with van der Waals surface area (Å²) in [6, 6.07) is 10.6. The standard InChI is InChI=1S/C26H30ClN5O4S/c1-26(8-9-26)19-36-24-23(18-29-32(25(24)33)22-4-2-3-21(27)17-22)30-12-14-31(15-13-30)37(34,35)16-7-20-5-10-28-11-6-20/h2-6,10-11,17-18H,7-9,12-16,19H2,1H3. The summed E-state index contributed by atoms with van der Waals surface area (Å²) >= 11 is 6.14. The number of piperazine rings is 1. The Balaban J connectivity index is 1.33. The molecule has 196 valence electrons. The van der Waals surface area contributed by atoms with Crippen LogP contribution >= 0.6 is 11.6 Å². The number of halogens is 1. The highest BCUT2D eigenvalue weighted by atomic mass is 35.5. The summed E-state index contributed by atoms with van der Waals surface area (Å²) in [7, 11) is -3.41. The third-order valence-electron chi connectivity index (χ3n) is 7.01. The molecule has 11 heteroatoms. The molecule has 3 aromatic rings. The molecule has 1 aliphatic heterocycles. The zero-order valence-electron chi connectivity index (χ0n) is 20.7. The number of nitrogens with zero attached hydrogens (tertiary/aromatic N) is 5. The Hall–Kier alpha value is -2.95. The Labute approximate surface area is 221 Å². The summed E-state index contributed by atoms with van der Waals surface area (Å²) in [4.78, 5) is 19.5. The van der Waals surface area contributed by atoms with E-state index in [1.807, 2.05) is 17.0 Å². The van der Waals surface area contributed by atoms with Crippen LogP contribution in [0.3, 0.4) is 0 Å². The molecule has 0 radical (unpaired) electrons. The number of aromatic nitrogens is 3. The molecule has 3 heterocycles. The average molecular weight is 544 g/mol. The number of aryl methyl sites for hydroxylation is 1. The van der Waals surface area contributed by atoms with Crippen LogP contribution in [0, 0.1) is 5.41 Å². The van der Waals surface area contributed by atoms with Crippen LogP contribution in [0.4, 0.5) is 5.69 Å². The lowest BCUT2D eigenvalue weighted by molar-refractivity contribution is 0.242. The van der Waals surface area contributed by atoms with Crippen LogP contribution < -0.4 is 15.2 Å². The zero-order chi connectivity index (χ0) is 26.0. The Kier molecular flexibility index (Phi) is 7.24. The number of benzene rings is 1. The lowest BCUT2D eigenvalue weighted by Crippen LogP contribution is -2.50. The molecule has 0 amide bonds. The summed E-state index contributed by atoms with van der Waals surface area (Å²) in [5.41, 5.74) is 1.79. The maximum Gasteiger partial charge on any atom is 0.316 e. The molecule has 0 N–H and O–H groups in total. The van der Waals surface area contributed by atoms with E-state index < -0.39 is 10.0 Å². The third-order valence-corrected chi connectivity index (χ3v) is 9.11. The highest BCUT2D eigenvalue weighted by Gasteiger charge is 2.39. The first-order valence-corrected chi connectivity index (χ1v) is 14.4. The molecule has 0 bridgehead atoms. The zero-order valence-corrected chi connectivity index (χ0v) is 22.3. The SMILES string of the molecule is CC1(COc2c(N3CCN(S(=O)(=O)CCc4ccncc4)CC3)cnn(-c3cccc(Cl)c3)c2=O)CC1. The minimum absolute atomic E-state index is 0.0429. The van der Waals surface area contributed by atoms with Gasteiger partial charge in [0.15, 0.2) is 0 Å². The molecule has 9 nitrogen and oxygen atoms in total. The molecule has 0 atom stereocenters. The first-order chi connectivity index (χ1) is 17.7. The summed E-state index contributed by atoms with van der Waals surface area (Å²) in [6.45, 7) is 4.10. The van der Waals surface area contributed by atoms with Gasteiger partial charge in [-0.25, -0.2) is 8.42 Å². The Bertz CT molecular complexity index is 1420. The van der Waals surface area contributed by atoms with Crippen molar-refractivity contribution in [3.63, 3.8) is 0 Å². The van der Waals surface area contributed by atoms with Crippen molar-refractivity contribution in [3.05, 3.63) is 75.9 Å². The van der Waals surface area contributed by atoms with E-state index >= 15 is 0 Å².